The molecule has 0 spiro atoms. The Hall–Kier alpha value is -2.06. The Balaban J connectivity index is 1.55. The lowest BCUT2D eigenvalue weighted by atomic mass is 9.88. The summed E-state index contributed by atoms with van der Waals surface area (Å²) in [7, 11) is 1.34. The summed E-state index contributed by atoms with van der Waals surface area (Å²) in [5, 5.41) is 40.9. The number of carbonyl (C=O) groups is 1. The Morgan fingerprint density at radius 1 is 1.12 bits per heavy atom. The van der Waals surface area contributed by atoms with Gasteiger partial charge in [0.2, 0.25) is 0 Å². The summed E-state index contributed by atoms with van der Waals surface area (Å²) in [6, 6.07) is 5.50. The maximum absolute atomic E-state index is 14.5. The zero-order chi connectivity index (χ0) is 31.0. The molecule has 15 heteroatoms. The van der Waals surface area contributed by atoms with Crippen LogP contribution in [0.3, 0.4) is 0 Å². The predicted molar refractivity (Wildman–Crippen MR) is 159 cm³/mol. The summed E-state index contributed by atoms with van der Waals surface area (Å²) >= 11 is 24.5. The van der Waals surface area contributed by atoms with Gasteiger partial charge < -0.3 is 29.7 Å². The maximum atomic E-state index is 14.5. The number of rotatable bonds is 7. The molecule has 0 bridgehead atoms. The van der Waals surface area contributed by atoms with E-state index in [0.29, 0.717) is 18.5 Å². The van der Waals surface area contributed by atoms with Crippen molar-refractivity contribution in [3.63, 3.8) is 0 Å². The number of carbonyl (C=O) groups excluding carboxylic acids is 1. The third-order valence-corrected chi connectivity index (χ3v) is 9.08. The van der Waals surface area contributed by atoms with Crippen molar-refractivity contribution >= 4 is 58.0 Å². The number of aliphatic hydroxyl groups is 3. The molecular weight excluding hydrogens is 649 g/mol. The zero-order valence-corrected chi connectivity index (χ0v) is 25.8. The van der Waals surface area contributed by atoms with Gasteiger partial charge in [-0.15, -0.1) is 5.10 Å². The molecule has 1 aliphatic heterocycles. The number of amides is 1. The highest BCUT2D eigenvalue weighted by Crippen LogP contribution is 2.38. The van der Waals surface area contributed by atoms with Crippen LogP contribution in [0.1, 0.15) is 31.7 Å². The largest absolute Gasteiger partial charge is 0.394 e. The first-order chi connectivity index (χ1) is 20.5. The number of hydrogen-bond acceptors (Lipinski definition) is 8. The molecule has 1 saturated heterocycles. The van der Waals surface area contributed by atoms with Crippen LogP contribution in [-0.4, -0.2) is 86.5 Å². The van der Waals surface area contributed by atoms with E-state index in [1.54, 1.807) is 12.1 Å². The Morgan fingerprint density at radius 3 is 2.44 bits per heavy atom. The minimum Gasteiger partial charge on any atom is -0.394 e. The summed E-state index contributed by atoms with van der Waals surface area (Å²) in [5.74, 6) is -1.35. The second-order valence-corrected chi connectivity index (χ2v) is 12.2. The third kappa shape index (κ3) is 6.51. The molecular formula is C28H29Cl4FN4O6. The van der Waals surface area contributed by atoms with Crippen LogP contribution in [0.2, 0.25) is 20.1 Å². The van der Waals surface area contributed by atoms with Gasteiger partial charge in [-0.1, -0.05) is 64.5 Å². The lowest BCUT2D eigenvalue weighted by Crippen LogP contribution is -2.63. The molecule has 2 heterocycles. The van der Waals surface area contributed by atoms with Crippen molar-refractivity contribution in [2.24, 2.45) is 0 Å². The summed E-state index contributed by atoms with van der Waals surface area (Å²) in [6.07, 6.45) is -1.98. The molecule has 2 fully saturated rings. The van der Waals surface area contributed by atoms with Crippen LogP contribution in [0.15, 0.2) is 36.5 Å². The smallest absolute Gasteiger partial charge is 0.259 e. The number of methoxy groups -OCH3 is 1. The van der Waals surface area contributed by atoms with Crippen molar-refractivity contribution in [3.8, 4) is 11.3 Å². The molecule has 43 heavy (non-hydrogen) atoms. The SMILES string of the molecule is CO[C@@H]1[C@@H](n2cc(-c3cc(F)c(Cl)c(Cl)c3)nn2)[C@@H](O)[C@@H](CO)O[C@H]1C(=O)N(c1cc(Cl)cc(Cl)c1)[C@H]1CCCC[C@@H]1O. The number of anilines is 1. The Labute approximate surface area is 266 Å². The first-order valence-electron chi connectivity index (χ1n) is 13.5. The van der Waals surface area contributed by atoms with Crippen LogP contribution >= 0.6 is 46.4 Å². The summed E-state index contributed by atoms with van der Waals surface area (Å²) in [4.78, 5) is 15.9. The van der Waals surface area contributed by atoms with Gasteiger partial charge in [0, 0.05) is 28.4 Å². The fraction of sp³-hybridized carbons (Fsp3) is 0.464. The zero-order valence-electron chi connectivity index (χ0n) is 22.8. The van der Waals surface area contributed by atoms with Crippen molar-refractivity contribution in [2.45, 2.75) is 68.3 Å². The number of benzene rings is 2. The molecule has 3 N–H and O–H groups in total. The molecule has 1 aliphatic carbocycles. The summed E-state index contributed by atoms with van der Waals surface area (Å²) in [6.45, 7) is -0.632. The van der Waals surface area contributed by atoms with Crippen molar-refractivity contribution in [1.82, 2.24) is 15.0 Å². The molecule has 2 aliphatic rings. The highest BCUT2D eigenvalue weighted by Gasteiger charge is 2.52. The standard InChI is InChI=1S/C28H29Cl4FN4O6/c1-42-26-24(36-11-19(34-35-36)13-6-17(31)23(32)18(33)7-13)25(40)22(12-38)43-27(26)28(41)37(20-4-2-3-5-21(20)39)16-9-14(29)8-15(30)10-16/h6-11,20-22,24-27,38-40H,2-5,12H2,1H3/t20-,21-,22+,24-,25-,26+,27+/m0/s1. The lowest BCUT2D eigenvalue weighted by molar-refractivity contribution is -0.211. The Bertz CT molecular complexity index is 1440. The van der Waals surface area contributed by atoms with Crippen LogP contribution in [0.4, 0.5) is 10.1 Å². The molecule has 10 nitrogen and oxygen atoms in total. The number of aromatic nitrogens is 3. The van der Waals surface area contributed by atoms with Crippen LogP contribution in [0.5, 0.6) is 0 Å². The fourth-order valence-electron chi connectivity index (χ4n) is 5.81. The van der Waals surface area contributed by atoms with Gasteiger partial charge >= 0.3 is 0 Å². The normalized spacial score (nSPS) is 27.7. The molecule has 0 radical (unpaired) electrons. The van der Waals surface area contributed by atoms with Gasteiger partial charge in [0.15, 0.2) is 6.10 Å². The highest BCUT2D eigenvalue weighted by molar-refractivity contribution is 6.42. The molecule has 5 rings (SSSR count). The van der Waals surface area contributed by atoms with E-state index in [9.17, 15) is 24.5 Å². The van der Waals surface area contributed by atoms with Crippen molar-refractivity contribution < 1.29 is 34.0 Å². The summed E-state index contributed by atoms with van der Waals surface area (Å²) in [5.41, 5.74) is 0.824. The topological polar surface area (TPSA) is 130 Å². The number of nitrogens with zero attached hydrogens (tertiary/aromatic N) is 4. The van der Waals surface area contributed by atoms with Crippen LogP contribution in [0, 0.1) is 5.82 Å². The molecule has 1 saturated carbocycles. The van der Waals surface area contributed by atoms with E-state index in [-0.39, 0.29) is 31.3 Å². The van der Waals surface area contributed by atoms with E-state index in [2.05, 4.69) is 10.3 Å². The predicted octanol–water partition coefficient (Wildman–Crippen LogP) is 4.71. The second-order valence-electron chi connectivity index (χ2n) is 10.6. The number of hydrogen-bond donors (Lipinski definition) is 3. The van der Waals surface area contributed by atoms with Crippen molar-refractivity contribution in [2.75, 3.05) is 18.6 Å². The van der Waals surface area contributed by atoms with E-state index in [1.807, 2.05) is 0 Å². The Kier molecular flexibility index (Phi) is 10.2. The average molecular weight is 678 g/mol. The number of halogens is 5. The van der Waals surface area contributed by atoms with E-state index >= 15 is 0 Å². The molecule has 3 aromatic rings. The molecule has 1 aromatic heterocycles. The van der Waals surface area contributed by atoms with Gasteiger partial charge in [0.1, 0.15) is 35.9 Å². The fourth-order valence-corrected chi connectivity index (χ4v) is 6.64. The monoisotopic (exact) mass is 676 g/mol. The van der Waals surface area contributed by atoms with Gasteiger partial charge in [0.25, 0.3) is 5.91 Å². The lowest BCUT2D eigenvalue weighted by Gasteiger charge is -2.46. The Morgan fingerprint density at radius 2 is 1.81 bits per heavy atom. The first-order valence-corrected chi connectivity index (χ1v) is 15.1. The number of ether oxygens (including phenoxy) is 2. The molecule has 2 aromatic carbocycles. The minimum atomic E-state index is -1.39. The van der Waals surface area contributed by atoms with Crippen LogP contribution < -0.4 is 4.90 Å². The van der Waals surface area contributed by atoms with E-state index < -0.39 is 60.9 Å². The van der Waals surface area contributed by atoms with Gasteiger partial charge in [0.05, 0.1) is 35.0 Å². The number of aliphatic hydroxyl groups excluding tert-OH is 3. The molecule has 0 unspecified atom stereocenters. The van der Waals surface area contributed by atoms with Crippen LogP contribution in [-0.2, 0) is 14.3 Å². The van der Waals surface area contributed by atoms with E-state index in [0.717, 1.165) is 18.9 Å². The van der Waals surface area contributed by atoms with Gasteiger partial charge in [-0.2, -0.15) is 0 Å². The second kappa shape index (κ2) is 13.5. The average Bonchev–Trinajstić information content (AvgIpc) is 3.45. The van der Waals surface area contributed by atoms with Crippen molar-refractivity contribution in [1.29, 1.82) is 0 Å². The van der Waals surface area contributed by atoms with Gasteiger partial charge in [-0.05, 0) is 43.2 Å². The molecule has 7 atom stereocenters. The third-order valence-electron chi connectivity index (χ3n) is 7.87. The maximum Gasteiger partial charge on any atom is 0.259 e. The van der Waals surface area contributed by atoms with Gasteiger partial charge in [-0.25, -0.2) is 9.07 Å². The van der Waals surface area contributed by atoms with Crippen LogP contribution in [0.25, 0.3) is 11.3 Å². The van der Waals surface area contributed by atoms with E-state index in [1.165, 1.54) is 35.0 Å². The quantitative estimate of drug-likeness (QED) is 0.307. The van der Waals surface area contributed by atoms with E-state index in [4.69, 9.17) is 55.9 Å². The summed E-state index contributed by atoms with van der Waals surface area (Å²) < 4.78 is 27.3. The van der Waals surface area contributed by atoms with Gasteiger partial charge in [-0.3, -0.25) is 4.79 Å². The molecule has 1 amide bonds. The van der Waals surface area contributed by atoms with Crippen molar-refractivity contribution in [3.05, 3.63) is 62.4 Å². The minimum absolute atomic E-state index is 0.0239. The highest BCUT2D eigenvalue weighted by atomic mass is 35.5. The molecule has 232 valence electrons. The first kappa shape index (κ1) is 32.3.